The number of hydrogen-bond donors (Lipinski definition) is 1. The Morgan fingerprint density at radius 3 is 2.50 bits per heavy atom. The maximum Gasteiger partial charge on any atom is 0.286 e. The zero-order chi connectivity index (χ0) is 18.5. The Hall–Kier alpha value is -2.47. The van der Waals surface area contributed by atoms with Crippen molar-refractivity contribution in [3.05, 3.63) is 59.7 Å². The summed E-state index contributed by atoms with van der Waals surface area (Å²) >= 11 is 1.05. The molecule has 26 heavy (non-hydrogen) atoms. The average molecular weight is 371 g/mol. The number of methoxy groups -OCH3 is 1. The van der Waals surface area contributed by atoms with Gasteiger partial charge in [-0.15, -0.1) is 0 Å². The van der Waals surface area contributed by atoms with Crippen molar-refractivity contribution in [3.8, 4) is 11.5 Å². The summed E-state index contributed by atoms with van der Waals surface area (Å²) in [4.78, 5) is 22.9. The summed E-state index contributed by atoms with van der Waals surface area (Å²) in [6.07, 6.45) is 0.528. The molecule has 0 saturated carbocycles. The number of ether oxygens (including phenoxy) is 2. The number of benzene rings is 2. The molecule has 1 aliphatic rings. The van der Waals surface area contributed by atoms with Gasteiger partial charge in [0.05, 0.1) is 19.0 Å². The predicted molar refractivity (Wildman–Crippen MR) is 102 cm³/mol. The molecule has 0 bridgehead atoms. The summed E-state index contributed by atoms with van der Waals surface area (Å²) in [7, 11) is 1.67. The van der Waals surface area contributed by atoms with E-state index in [1.54, 1.807) is 7.11 Å². The van der Waals surface area contributed by atoms with Gasteiger partial charge in [0.15, 0.2) is 0 Å². The number of rotatable bonds is 7. The third-order valence-electron chi connectivity index (χ3n) is 4.28. The van der Waals surface area contributed by atoms with Crippen LogP contribution in [0.4, 0.5) is 4.79 Å². The van der Waals surface area contributed by atoms with Crippen LogP contribution in [0.3, 0.4) is 0 Å². The second kappa shape index (κ2) is 8.27. The van der Waals surface area contributed by atoms with Crippen molar-refractivity contribution in [1.82, 2.24) is 5.32 Å². The molecule has 2 atom stereocenters. The average Bonchev–Trinajstić information content (AvgIpc) is 2.97. The van der Waals surface area contributed by atoms with E-state index >= 15 is 0 Å². The van der Waals surface area contributed by atoms with Crippen LogP contribution in [0.25, 0.3) is 0 Å². The first-order chi connectivity index (χ1) is 12.6. The number of hydrogen-bond acceptors (Lipinski definition) is 5. The number of thioether (sulfide) groups is 1. The van der Waals surface area contributed by atoms with E-state index in [4.69, 9.17) is 9.47 Å². The van der Waals surface area contributed by atoms with Gasteiger partial charge in [-0.1, -0.05) is 49.0 Å². The zero-order valence-corrected chi connectivity index (χ0v) is 15.5. The second-order valence-electron chi connectivity index (χ2n) is 6.19. The summed E-state index contributed by atoms with van der Waals surface area (Å²) in [6.45, 7) is 2.63. The van der Waals surface area contributed by atoms with Crippen molar-refractivity contribution in [2.45, 2.75) is 24.5 Å². The largest absolute Gasteiger partial charge is 0.496 e. The molecule has 6 heteroatoms. The smallest absolute Gasteiger partial charge is 0.286 e. The number of nitrogens with one attached hydrogen (secondary N) is 1. The Morgan fingerprint density at radius 1 is 1.12 bits per heavy atom. The molecule has 1 heterocycles. The number of amides is 2. The van der Waals surface area contributed by atoms with Crippen molar-refractivity contribution in [2.24, 2.45) is 0 Å². The standard InChI is InChI=1S/C20H21NO4S/c1-13(16-5-3-4-6-17(16)24-2)12-25-15-9-7-14(8-10-15)11-18-19(22)21-20(23)26-18/h3-10,13,18H,11-12H2,1-2H3,(H,21,22,23)/t13-,18?/m1/s1. The minimum absolute atomic E-state index is 0.190. The molecule has 0 spiro atoms. The van der Waals surface area contributed by atoms with Crippen molar-refractivity contribution < 1.29 is 19.1 Å². The fraction of sp³-hybridized carbons (Fsp3) is 0.300. The Balaban J connectivity index is 1.56. The van der Waals surface area contributed by atoms with E-state index in [0.717, 1.165) is 34.4 Å². The van der Waals surface area contributed by atoms with Crippen LogP contribution in [0.1, 0.15) is 24.0 Å². The molecule has 2 amide bonds. The van der Waals surface area contributed by atoms with Crippen LogP contribution in [0.15, 0.2) is 48.5 Å². The Labute approximate surface area is 157 Å². The lowest BCUT2D eigenvalue weighted by molar-refractivity contribution is -0.118. The molecule has 0 aliphatic carbocycles. The quantitative estimate of drug-likeness (QED) is 0.803. The molecule has 0 aromatic heterocycles. The lowest BCUT2D eigenvalue weighted by Gasteiger charge is -2.16. The van der Waals surface area contributed by atoms with E-state index in [9.17, 15) is 9.59 Å². The topological polar surface area (TPSA) is 64.6 Å². The summed E-state index contributed by atoms with van der Waals surface area (Å²) < 4.78 is 11.3. The van der Waals surface area contributed by atoms with Crippen molar-refractivity contribution in [3.63, 3.8) is 0 Å². The maximum atomic E-state index is 11.6. The highest BCUT2D eigenvalue weighted by molar-refractivity contribution is 8.15. The van der Waals surface area contributed by atoms with Gasteiger partial charge in [-0.05, 0) is 30.2 Å². The van der Waals surface area contributed by atoms with E-state index in [0.29, 0.717) is 13.0 Å². The molecule has 136 valence electrons. The molecule has 1 unspecified atom stereocenters. The van der Waals surface area contributed by atoms with Gasteiger partial charge in [-0.3, -0.25) is 14.9 Å². The fourth-order valence-electron chi connectivity index (χ4n) is 2.85. The van der Waals surface area contributed by atoms with Gasteiger partial charge in [0, 0.05) is 11.5 Å². The number of para-hydroxylation sites is 1. The molecule has 2 aromatic carbocycles. The monoisotopic (exact) mass is 371 g/mol. The number of imide groups is 1. The minimum Gasteiger partial charge on any atom is -0.496 e. The highest BCUT2D eigenvalue weighted by Crippen LogP contribution is 2.27. The third kappa shape index (κ3) is 4.38. The van der Waals surface area contributed by atoms with E-state index in [2.05, 4.69) is 12.2 Å². The molecular weight excluding hydrogens is 350 g/mol. The van der Waals surface area contributed by atoms with Gasteiger partial charge >= 0.3 is 0 Å². The highest BCUT2D eigenvalue weighted by Gasteiger charge is 2.31. The van der Waals surface area contributed by atoms with E-state index in [1.807, 2.05) is 48.5 Å². The second-order valence-corrected chi connectivity index (χ2v) is 7.36. The summed E-state index contributed by atoms with van der Waals surface area (Å²) in [5.41, 5.74) is 2.11. The first-order valence-corrected chi connectivity index (χ1v) is 9.31. The Bertz CT molecular complexity index is 791. The van der Waals surface area contributed by atoms with Gasteiger partial charge < -0.3 is 9.47 Å². The summed E-state index contributed by atoms with van der Waals surface area (Å²) in [6, 6.07) is 15.6. The van der Waals surface area contributed by atoms with Gasteiger partial charge in [-0.2, -0.15) is 0 Å². The highest BCUT2D eigenvalue weighted by atomic mass is 32.2. The normalized spacial score (nSPS) is 17.7. The van der Waals surface area contributed by atoms with Gasteiger partial charge in [-0.25, -0.2) is 0 Å². The van der Waals surface area contributed by atoms with Gasteiger partial charge in [0.25, 0.3) is 5.24 Å². The van der Waals surface area contributed by atoms with E-state index in [1.165, 1.54) is 0 Å². The molecule has 3 rings (SSSR count). The first-order valence-electron chi connectivity index (χ1n) is 8.43. The molecular formula is C20H21NO4S. The SMILES string of the molecule is COc1ccccc1[C@H](C)COc1ccc(CC2SC(=O)NC2=O)cc1. The van der Waals surface area contributed by atoms with E-state index in [-0.39, 0.29) is 22.3 Å². The lowest BCUT2D eigenvalue weighted by atomic mass is 10.0. The molecule has 1 aliphatic heterocycles. The van der Waals surface area contributed by atoms with Crippen LogP contribution in [0.5, 0.6) is 11.5 Å². The van der Waals surface area contributed by atoms with Crippen LogP contribution in [0, 0.1) is 0 Å². The lowest BCUT2D eigenvalue weighted by Crippen LogP contribution is -2.25. The molecule has 0 radical (unpaired) electrons. The first kappa shape index (κ1) is 18.3. The molecule has 2 aromatic rings. The van der Waals surface area contributed by atoms with Gasteiger partial charge in [0.2, 0.25) is 5.91 Å². The molecule has 1 N–H and O–H groups in total. The van der Waals surface area contributed by atoms with Crippen LogP contribution in [-0.4, -0.2) is 30.1 Å². The fourth-order valence-corrected chi connectivity index (χ4v) is 3.71. The van der Waals surface area contributed by atoms with Crippen LogP contribution >= 0.6 is 11.8 Å². The minimum atomic E-state index is -0.347. The molecule has 5 nitrogen and oxygen atoms in total. The molecule has 1 fully saturated rings. The van der Waals surface area contributed by atoms with Crippen LogP contribution in [-0.2, 0) is 11.2 Å². The number of carbonyl (C=O) groups excluding carboxylic acids is 2. The third-order valence-corrected chi connectivity index (χ3v) is 5.26. The summed E-state index contributed by atoms with van der Waals surface area (Å²) in [5.74, 6) is 1.61. The van der Waals surface area contributed by atoms with Gasteiger partial charge in [0.1, 0.15) is 11.5 Å². The summed E-state index contributed by atoms with van der Waals surface area (Å²) in [5, 5.41) is 1.69. The molecule has 1 saturated heterocycles. The number of carbonyl (C=O) groups is 2. The van der Waals surface area contributed by atoms with Crippen LogP contribution in [0.2, 0.25) is 0 Å². The Kier molecular flexibility index (Phi) is 5.83. The van der Waals surface area contributed by atoms with Crippen molar-refractivity contribution >= 4 is 22.9 Å². The van der Waals surface area contributed by atoms with Crippen molar-refractivity contribution in [1.29, 1.82) is 0 Å². The van der Waals surface area contributed by atoms with Crippen LogP contribution < -0.4 is 14.8 Å². The van der Waals surface area contributed by atoms with E-state index < -0.39 is 0 Å². The Morgan fingerprint density at radius 2 is 1.85 bits per heavy atom. The maximum absolute atomic E-state index is 11.6. The predicted octanol–water partition coefficient (Wildman–Crippen LogP) is 3.77. The van der Waals surface area contributed by atoms with Crippen molar-refractivity contribution in [2.75, 3.05) is 13.7 Å². The zero-order valence-electron chi connectivity index (χ0n) is 14.7.